The van der Waals surface area contributed by atoms with Crippen molar-refractivity contribution in [2.75, 3.05) is 20.3 Å². The van der Waals surface area contributed by atoms with E-state index in [0.717, 1.165) is 6.07 Å². The molecule has 0 aromatic heterocycles. The van der Waals surface area contributed by atoms with E-state index in [4.69, 9.17) is 26.7 Å². The first-order valence-electron chi connectivity index (χ1n) is 8.02. The highest BCUT2D eigenvalue weighted by atomic mass is 19.3. The smallest absolute Gasteiger partial charge is 0.269 e. The molecule has 0 radical (unpaired) electrons. The summed E-state index contributed by atoms with van der Waals surface area (Å²) in [4.78, 5) is 3.84. The Hall–Kier alpha value is -2.72. The predicted molar refractivity (Wildman–Crippen MR) is 92.9 cm³/mol. The van der Waals surface area contributed by atoms with Gasteiger partial charge >= 0.3 is 0 Å². The zero-order valence-electron chi connectivity index (χ0n) is 14.5. The monoisotopic (exact) mass is 383 g/mol. The normalized spacial score (nSPS) is 28.1. The second kappa shape index (κ2) is 6.78. The van der Waals surface area contributed by atoms with E-state index in [-0.39, 0.29) is 29.3 Å². The number of aliphatic imine (C=N–C) groups is 1. The summed E-state index contributed by atoms with van der Waals surface area (Å²) in [7, 11) is 1.39. The second-order valence-corrected chi connectivity index (χ2v) is 6.32. The van der Waals surface area contributed by atoms with Gasteiger partial charge in [-0.05, 0) is 12.1 Å². The van der Waals surface area contributed by atoms with Crippen LogP contribution in [0.2, 0.25) is 0 Å². The van der Waals surface area contributed by atoms with Crippen molar-refractivity contribution < 1.29 is 22.6 Å². The molecule has 10 heteroatoms. The number of alkyl halides is 2. The molecule has 146 valence electrons. The van der Waals surface area contributed by atoms with Crippen molar-refractivity contribution in [1.29, 1.82) is 0 Å². The Morgan fingerprint density at radius 3 is 2.70 bits per heavy atom. The van der Waals surface area contributed by atoms with Crippen LogP contribution in [0.4, 0.5) is 13.2 Å². The highest BCUT2D eigenvalue weighted by Crippen LogP contribution is 2.39. The quantitative estimate of drug-likeness (QED) is 0.608. The number of amidine groups is 1. The van der Waals surface area contributed by atoms with Crippen LogP contribution in [-0.4, -0.2) is 32.6 Å². The lowest BCUT2D eigenvalue weighted by Gasteiger charge is -2.37. The maximum Gasteiger partial charge on any atom is 0.269 e. The van der Waals surface area contributed by atoms with Gasteiger partial charge in [-0.3, -0.25) is 10.7 Å². The summed E-state index contributed by atoms with van der Waals surface area (Å²) in [6, 6.07) is 3.62. The highest BCUT2D eigenvalue weighted by molar-refractivity contribution is 5.82. The minimum absolute atomic E-state index is 0.0984. The Bertz CT molecular complexity index is 842. The number of hydrogen-bond donors (Lipinski definition) is 4. The van der Waals surface area contributed by atoms with Gasteiger partial charge in [0.05, 0.1) is 19.4 Å². The van der Waals surface area contributed by atoms with Crippen LogP contribution in [0.1, 0.15) is 11.1 Å². The average molecular weight is 383 g/mol. The van der Waals surface area contributed by atoms with Gasteiger partial charge in [0.15, 0.2) is 11.2 Å². The number of halogens is 3. The number of rotatable bonds is 4. The number of nitrogens with zero attached hydrogens (tertiary/aromatic N) is 1. The van der Waals surface area contributed by atoms with Gasteiger partial charge < -0.3 is 26.3 Å². The fourth-order valence-corrected chi connectivity index (χ4v) is 3.12. The molecule has 0 saturated carbocycles. The molecule has 0 fully saturated rings. The maximum atomic E-state index is 14.6. The zero-order valence-corrected chi connectivity index (χ0v) is 14.5. The molecule has 2 aliphatic rings. The maximum absolute atomic E-state index is 14.6. The molecule has 0 bridgehead atoms. The van der Waals surface area contributed by atoms with Gasteiger partial charge in [0.2, 0.25) is 0 Å². The lowest BCUT2D eigenvalue weighted by atomic mass is 9.86. The molecule has 7 N–H and O–H groups in total. The predicted octanol–water partition coefficient (Wildman–Crippen LogP) is 0.719. The van der Waals surface area contributed by atoms with E-state index in [1.54, 1.807) is 0 Å². The second-order valence-electron chi connectivity index (χ2n) is 6.32. The summed E-state index contributed by atoms with van der Waals surface area (Å²) in [6.07, 6.45) is -0.126. The molecule has 3 rings (SSSR count). The fourth-order valence-electron chi connectivity index (χ4n) is 3.12. The molecule has 0 aliphatic carbocycles. The van der Waals surface area contributed by atoms with Crippen molar-refractivity contribution in [2.45, 2.75) is 17.6 Å². The SMILES string of the molecule is COC1=CC(N)=CNC1(N)c1ccc(F)c(C2(C(F)F)COCC(N)=N2)c1. The lowest BCUT2D eigenvalue weighted by Crippen LogP contribution is -2.52. The molecular weight excluding hydrogens is 363 g/mol. The molecule has 7 nitrogen and oxygen atoms in total. The summed E-state index contributed by atoms with van der Waals surface area (Å²) in [5.41, 5.74) is 14.3. The van der Waals surface area contributed by atoms with Crippen LogP contribution in [0, 0.1) is 5.82 Å². The molecule has 0 spiro atoms. The van der Waals surface area contributed by atoms with Crippen LogP contribution in [0.15, 0.2) is 46.9 Å². The molecule has 2 aliphatic heterocycles. The third-order valence-corrected chi connectivity index (χ3v) is 4.54. The van der Waals surface area contributed by atoms with Crippen LogP contribution in [0.3, 0.4) is 0 Å². The molecule has 1 aromatic rings. The Balaban J connectivity index is 2.15. The summed E-state index contributed by atoms with van der Waals surface area (Å²) < 4.78 is 52.9. The van der Waals surface area contributed by atoms with Gasteiger partial charge in [0.25, 0.3) is 6.43 Å². The van der Waals surface area contributed by atoms with Gasteiger partial charge in [0, 0.05) is 23.4 Å². The number of allylic oxidation sites excluding steroid dienone is 1. The van der Waals surface area contributed by atoms with Gasteiger partial charge in [-0.25, -0.2) is 13.2 Å². The van der Waals surface area contributed by atoms with E-state index in [2.05, 4.69) is 10.3 Å². The van der Waals surface area contributed by atoms with Crippen LogP contribution in [0.5, 0.6) is 0 Å². The number of ether oxygens (including phenoxy) is 2. The third kappa shape index (κ3) is 3.10. The van der Waals surface area contributed by atoms with Gasteiger partial charge in [-0.1, -0.05) is 6.07 Å². The Morgan fingerprint density at radius 1 is 1.33 bits per heavy atom. The van der Waals surface area contributed by atoms with Crippen molar-refractivity contribution >= 4 is 5.84 Å². The van der Waals surface area contributed by atoms with E-state index in [1.165, 1.54) is 31.5 Å². The molecule has 2 unspecified atom stereocenters. The number of methoxy groups -OCH3 is 1. The molecule has 1 aromatic carbocycles. The van der Waals surface area contributed by atoms with Gasteiger partial charge in [0.1, 0.15) is 24.0 Å². The van der Waals surface area contributed by atoms with Crippen molar-refractivity contribution in [3.05, 3.63) is 58.9 Å². The molecule has 2 atom stereocenters. The van der Waals surface area contributed by atoms with Gasteiger partial charge in [-0.2, -0.15) is 0 Å². The van der Waals surface area contributed by atoms with Crippen LogP contribution in [0.25, 0.3) is 0 Å². The number of dihydropyridines is 1. The summed E-state index contributed by atoms with van der Waals surface area (Å²) in [5.74, 6) is -0.787. The summed E-state index contributed by atoms with van der Waals surface area (Å²) >= 11 is 0. The van der Waals surface area contributed by atoms with Crippen LogP contribution >= 0.6 is 0 Å². The number of hydrogen-bond acceptors (Lipinski definition) is 7. The first kappa shape index (κ1) is 19.1. The Morgan fingerprint density at radius 2 is 2.07 bits per heavy atom. The first-order chi connectivity index (χ1) is 12.7. The van der Waals surface area contributed by atoms with E-state index < -0.39 is 30.1 Å². The molecule has 0 amide bonds. The Kier molecular flexibility index (Phi) is 4.79. The van der Waals surface area contributed by atoms with Crippen molar-refractivity contribution in [3.63, 3.8) is 0 Å². The number of nitrogens with one attached hydrogen (secondary N) is 1. The molecule has 27 heavy (non-hydrogen) atoms. The van der Waals surface area contributed by atoms with E-state index in [9.17, 15) is 13.2 Å². The van der Waals surface area contributed by atoms with Crippen molar-refractivity contribution in [2.24, 2.45) is 22.2 Å². The number of benzene rings is 1. The number of nitrogens with two attached hydrogens (primary N) is 3. The highest BCUT2D eigenvalue weighted by Gasteiger charge is 2.47. The molecule has 2 heterocycles. The third-order valence-electron chi connectivity index (χ3n) is 4.54. The summed E-state index contributed by atoms with van der Waals surface area (Å²) in [5, 5.41) is 2.86. The summed E-state index contributed by atoms with van der Waals surface area (Å²) in [6.45, 7) is -0.616. The first-order valence-corrected chi connectivity index (χ1v) is 8.02. The Labute approximate surface area is 153 Å². The largest absolute Gasteiger partial charge is 0.497 e. The molecule has 0 saturated heterocycles. The van der Waals surface area contributed by atoms with E-state index in [0.29, 0.717) is 5.70 Å². The zero-order chi connectivity index (χ0) is 19.8. The van der Waals surface area contributed by atoms with Crippen LogP contribution in [-0.2, 0) is 20.7 Å². The van der Waals surface area contributed by atoms with Gasteiger partial charge in [-0.15, -0.1) is 0 Å². The van der Waals surface area contributed by atoms with Crippen molar-refractivity contribution in [1.82, 2.24) is 5.32 Å². The topological polar surface area (TPSA) is 121 Å². The molecular formula is C17H20F3N5O2. The standard InChI is InChI=1S/C17H20F3N5O2/c1-26-13-5-10(21)6-24-17(13,23)9-2-3-12(18)11(4-9)16(15(19)20)8-27-7-14(22)25-16/h2-6,15,24H,7-8,21,23H2,1H3,(H2,22,25). The lowest BCUT2D eigenvalue weighted by molar-refractivity contribution is -0.0147. The van der Waals surface area contributed by atoms with Crippen molar-refractivity contribution in [3.8, 4) is 0 Å². The van der Waals surface area contributed by atoms with Crippen LogP contribution < -0.4 is 22.5 Å². The minimum atomic E-state index is -3.05. The van der Waals surface area contributed by atoms with E-state index >= 15 is 0 Å². The minimum Gasteiger partial charge on any atom is -0.497 e. The van der Waals surface area contributed by atoms with E-state index in [1.807, 2.05) is 0 Å². The fraction of sp³-hybridized carbons (Fsp3) is 0.353. The average Bonchev–Trinajstić information content (AvgIpc) is 2.63.